The molecular formula is C9H15N3S. The highest BCUT2D eigenvalue weighted by Gasteiger charge is 2.28. The van der Waals surface area contributed by atoms with Crippen LogP contribution in [0.5, 0.6) is 0 Å². The Hall–Kier alpha value is -0.480. The molecule has 1 heterocycles. The summed E-state index contributed by atoms with van der Waals surface area (Å²) in [6.45, 7) is 4.13. The summed E-state index contributed by atoms with van der Waals surface area (Å²) >= 11 is 1.51. The summed E-state index contributed by atoms with van der Waals surface area (Å²) in [5.41, 5.74) is 5.81. The molecule has 1 aliphatic rings. The predicted octanol–water partition coefficient (Wildman–Crippen LogP) is 1.87. The minimum Gasteiger partial charge on any atom is -0.327 e. The third-order valence-corrected chi connectivity index (χ3v) is 3.51. The van der Waals surface area contributed by atoms with E-state index in [2.05, 4.69) is 16.3 Å². The first-order valence-electron chi connectivity index (χ1n) is 4.77. The number of hydrogen-bond donors (Lipinski definition) is 1. The van der Waals surface area contributed by atoms with E-state index in [9.17, 15) is 0 Å². The highest BCUT2D eigenvalue weighted by Crippen LogP contribution is 2.39. The van der Waals surface area contributed by atoms with E-state index in [0.29, 0.717) is 11.8 Å². The Kier molecular flexibility index (Phi) is 2.34. The SMILES string of the molecule is CC(N)C(C)c1nc(C2CC2)ns1. The fourth-order valence-corrected chi connectivity index (χ4v) is 2.06. The van der Waals surface area contributed by atoms with Gasteiger partial charge in [0.2, 0.25) is 0 Å². The molecule has 0 aromatic carbocycles. The van der Waals surface area contributed by atoms with Gasteiger partial charge >= 0.3 is 0 Å². The van der Waals surface area contributed by atoms with Gasteiger partial charge in [-0.25, -0.2) is 4.98 Å². The molecule has 72 valence electrons. The molecule has 1 fully saturated rings. The number of aromatic nitrogens is 2. The summed E-state index contributed by atoms with van der Waals surface area (Å²) in [7, 11) is 0. The lowest BCUT2D eigenvalue weighted by atomic mass is 10.1. The molecule has 0 bridgehead atoms. The molecule has 0 aliphatic heterocycles. The minimum atomic E-state index is 0.167. The van der Waals surface area contributed by atoms with Crippen molar-refractivity contribution >= 4 is 11.5 Å². The van der Waals surface area contributed by atoms with Gasteiger partial charge < -0.3 is 5.73 Å². The van der Waals surface area contributed by atoms with Crippen molar-refractivity contribution in [3.63, 3.8) is 0 Å². The van der Waals surface area contributed by atoms with Gasteiger partial charge in [-0.15, -0.1) is 0 Å². The number of rotatable bonds is 3. The van der Waals surface area contributed by atoms with Gasteiger partial charge in [-0.05, 0) is 31.3 Å². The Balaban J connectivity index is 2.11. The zero-order valence-corrected chi connectivity index (χ0v) is 8.84. The maximum Gasteiger partial charge on any atom is 0.145 e. The third-order valence-electron chi connectivity index (χ3n) is 2.58. The van der Waals surface area contributed by atoms with E-state index in [-0.39, 0.29) is 6.04 Å². The molecule has 0 saturated heterocycles. The number of nitrogens with zero attached hydrogens (tertiary/aromatic N) is 2. The summed E-state index contributed by atoms with van der Waals surface area (Å²) in [5.74, 6) is 2.04. The van der Waals surface area contributed by atoms with E-state index in [4.69, 9.17) is 5.73 Å². The fourth-order valence-electron chi connectivity index (χ4n) is 1.16. The summed E-state index contributed by atoms with van der Waals surface area (Å²) in [6, 6.07) is 0.167. The third kappa shape index (κ3) is 1.89. The average molecular weight is 197 g/mol. The van der Waals surface area contributed by atoms with E-state index in [0.717, 1.165) is 10.8 Å². The van der Waals surface area contributed by atoms with Crippen molar-refractivity contribution in [1.29, 1.82) is 0 Å². The Morgan fingerprint density at radius 2 is 2.15 bits per heavy atom. The van der Waals surface area contributed by atoms with Crippen LogP contribution in [-0.4, -0.2) is 15.4 Å². The van der Waals surface area contributed by atoms with Crippen LogP contribution in [0.25, 0.3) is 0 Å². The first-order chi connectivity index (χ1) is 6.18. The van der Waals surface area contributed by atoms with Gasteiger partial charge in [-0.3, -0.25) is 0 Å². The highest BCUT2D eigenvalue weighted by molar-refractivity contribution is 7.05. The van der Waals surface area contributed by atoms with Gasteiger partial charge in [-0.1, -0.05) is 6.92 Å². The molecular weight excluding hydrogens is 182 g/mol. The molecule has 1 aromatic rings. The second kappa shape index (κ2) is 3.35. The standard InChI is InChI=1S/C9H15N3S/c1-5(6(2)10)9-11-8(12-13-9)7-3-4-7/h5-7H,3-4,10H2,1-2H3. The van der Waals surface area contributed by atoms with Crippen LogP contribution >= 0.6 is 11.5 Å². The van der Waals surface area contributed by atoms with Gasteiger partial charge in [-0.2, -0.15) is 4.37 Å². The predicted molar refractivity (Wildman–Crippen MR) is 53.9 cm³/mol. The van der Waals surface area contributed by atoms with Crippen LogP contribution in [0.1, 0.15) is 49.4 Å². The lowest BCUT2D eigenvalue weighted by Crippen LogP contribution is -2.22. The summed E-state index contributed by atoms with van der Waals surface area (Å²) in [4.78, 5) is 4.52. The van der Waals surface area contributed by atoms with Crippen LogP contribution in [0.2, 0.25) is 0 Å². The summed E-state index contributed by atoms with van der Waals surface area (Å²) < 4.78 is 4.36. The van der Waals surface area contributed by atoms with Crippen LogP contribution in [0.15, 0.2) is 0 Å². The maximum absolute atomic E-state index is 5.81. The van der Waals surface area contributed by atoms with Crippen molar-refractivity contribution in [3.8, 4) is 0 Å². The van der Waals surface area contributed by atoms with Crippen molar-refractivity contribution in [2.75, 3.05) is 0 Å². The summed E-state index contributed by atoms with van der Waals surface area (Å²) in [6.07, 6.45) is 2.53. The Morgan fingerprint density at radius 3 is 2.69 bits per heavy atom. The molecule has 3 nitrogen and oxygen atoms in total. The average Bonchev–Trinajstić information content (AvgIpc) is 2.83. The van der Waals surface area contributed by atoms with Gasteiger partial charge in [0.05, 0.1) is 0 Å². The molecule has 2 unspecified atom stereocenters. The lowest BCUT2D eigenvalue weighted by molar-refractivity contribution is 0.608. The van der Waals surface area contributed by atoms with Gasteiger partial charge in [0.25, 0.3) is 0 Å². The zero-order valence-electron chi connectivity index (χ0n) is 8.03. The lowest BCUT2D eigenvalue weighted by Gasteiger charge is -2.10. The van der Waals surface area contributed by atoms with Crippen molar-refractivity contribution in [2.24, 2.45) is 5.73 Å². The second-order valence-electron chi connectivity index (χ2n) is 3.91. The normalized spacial score (nSPS) is 21.5. The van der Waals surface area contributed by atoms with Gasteiger partial charge in [0.15, 0.2) is 0 Å². The molecule has 13 heavy (non-hydrogen) atoms. The summed E-state index contributed by atoms with van der Waals surface area (Å²) in [5, 5.41) is 1.09. The van der Waals surface area contributed by atoms with Crippen LogP contribution in [0.4, 0.5) is 0 Å². The molecule has 4 heteroatoms. The molecule has 0 amide bonds. The molecule has 1 aromatic heterocycles. The monoisotopic (exact) mass is 197 g/mol. The fraction of sp³-hybridized carbons (Fsp3) is 0.778. The van der Waals surface area contributed by atoms with Crippen molar-refractivity contribution < 1.29 is 0 Å². The quantitative estimate of drug-likeness (QED) is 0.804. The van der Waals surface area contributed by atoms with Crippen molar-refractivity contribution in [1.82, 2.24) is 9.36 Å². The Morgan fingerprint density at radius 1 is 1.46 bits per heavy atom. The molecule has 2 rings (SSSR count). The van der Waals surface area contributed by atoms with Gasteiger partial charge in [0.1, 0.15) is 10.8 Å². The first-order valence-corrected chi connectivity index (χ1v) is 5.55. The number of hydrogen-bond acceptors (Lipinski definition) is 4. The van der Waals surface area contributed by atoms with E-state index in [1.807, 2.05) is 6.92 Å². The first kappa shape index (κ1) is 9.09. The highest BCUT2D eigenvalue weighted by atomic mass is 32.1. The molecule has 1 saturated carbocycles. The minimum absolute atomic E-state index is 0.167. The second-order valence-corrected chi connectivity index (χ2v) is 4.70. The number of nitrogens with two attached hydrogens (primary N) is 1. The molecule has 0 spiro atoms. The largest absolute Gasteiger partial charge is 0.327 e. The van der Waals surface area contributed by atoms with Crippen molar-refractivity contribution in [3.05, 3.63) is 10.8 Å². The van der Waals surface area contributed by atoms with Crippen LogP contribution < -0.4 is 5.73 Å². The topological polar surface area (TPSA) is 51.8 Å². The zero-order chi connectivity index (χ0) is 9.42. The Labute approximate surface area is 82.5 Å². The van der Waals surface area contributed by atoms with Crippen LogP contribution in [-0.2, 0) is 0 Å². The van der Waals surface area contributed by atoms with E-state index >= 15 is 0 Å². The Bertz CT molecular complexity index is 291. The molecule has 1 aliphatic carbocycles. The van der Waals surface area contributed by atoms with Gasteiger partial charge in [0, 0.05) is 17.9 Å². The van der Waals surface area contributed by atoms with Crippen LogP contribution in [0.3, 0.4) is 0 Å². The van der Waals surface area contributed by atoms with E-state index < -0.39 is 0 Å². The van der Waals surface area contributed by atoms with Crippen LogP contribution in [0, 0.1) is 0 Å². The maximum atomic E-state index is 5.81. The van der Waals surface area contributed by atoms with E-state index in [1.165, 1.54) is 24.4 Å². The smallest absolute Gasteiger partial charge is 0.145 e. The molecule has 2 N–H and O–H groups in total. The molecule has 2 atom stereocenters. The molecule has 0 radical (unpaired) electrons. The van der Waals surface area contributed by atoms with Crippen molar-refractivity contribution in [2.45, 2.75) is 44.6 Å². The van der Waals surface area contributed by atoms with E-state index in [1.54, 1.807) is 0 Å².